The Bertz CT molecular complexity index is 383. The fourth-order valence-electron chi connectivity index (χ4n) is 2.75. The van der Waals surface area contributed by atoms with Crippen LogP contribution in [0.2, 0.25) is 0 Å². The second kappa shape index (κ2) is 7.76. The van der Waals surface area contributed by atoms with Crippen molar-refractivity contribution in [1.29, 1.82) is 0 Å². The van der Waals surface area contributed by atoms with E-state index < -0.39 is 0 Å². The van der Waals surface area contributed by atoms with E-state index in [9.17, 15) is 0 Å². The fourth-order valence-corrected chi connectivity index (χ4v) is 2.75. The van der Waals surface area contributed by atoms with Crippen LogP contribution in [0, 0.1) is 0 Å². The van der Waals surface area contributed by atoms with Gasteiger partial charge in [-0.15, -0.1) is 0 Å². The fraction of sp³-hybridized carbons (Fsp3) is 0.800. The summed E-state index contributed by atoms with van der Waals surface area (Å²) in [7, 11) is 2.13. The number of nitrogens with one attached hydrogen (secondary N) is 1. The number of likely N-dealkylation sites (N-methyl/N-ethyl adjacent to an activating group) is 1. The van der Waals surface area contributed by atoms with Gasteiger partial charge < -0.3 is 10.1 Å². The third-order valence-corrected chi connectivity index (χ3v) is 3.93. The number of aromatic nitrogens is 2. The van der Waals surface area contributed by atoms with E-state index in [0.717, 1.165) is 51.3 Å². The Labute approximate surface area is 122 Å². The summed E-state index contributed by atoms with van der Waals surface area (Å²) < 4.78 is 7.85. The zero-order valence-electron chi connectivity index (χ0n) is 13.0. The predicted molar refractivity (Wildman–Crippen MR) is 80.8 cm³/mol. The zero-order valence-corrected chi connectivity index (χ0v) is 13.0. The largest absolute Gasteiger partial charge is 0.374 e. The van der Waals surface area contributed by atoms with Gasteiger partial charge >= 0.3 is 0 Å². The van der Waals surface area contributed by atoms with E-state index in [-0.39, 0.29) is 0 Å². The molecule has 0 saturated carbocycles. The molecule has 1 aromatic heterocycles. The third kappa shape index (κ3) is 4.30. The minimum absolute atomic E-state index is 0.301. The Morgan fingerprint density at radius 1 is 1.50 bits per heavy atom. The van der Waals surface area contributed by atoms with E-state index in [1.54, 1.807) is 0 Å². The van der Waals surface area contributed by atoms with Crippen LogP contribution in [-0.4, -0.2) is 54.1 Å². The summed E-state index contributed by atoms with van der Waals surface area (Å²) in [6.45, 7) is 9.01. The second-order valence-corrected chi connectivity index (χ2v) is 5.65. The molecule has 1 aliphatic rings. The van der Waals surface area contributed by atoms with Gasteiger partial charge in [0.15, 0.2) is 0 Å². The molecule has 0 aromatic carbocycles. The average Bonchev–Trinajstić information content (AvgIpc) is 2.89. The highest BCUT2D eigenvalue weighted by Crippen LogP contribution is 2.15. The first kappa shape index (κ1) is 15.5. The van der Waals surface area contributed by atoms with Crippen molar-refractivity contribution in [2.24, 2.45) is 0 Å². The topological polar surface area (TPSA) is 42.3 Å². The van der Waals surface area contributed by atoms with Crippen LogP contribution in [0.3, 0.4) is 0 Å². The molecule has 0 aliphatic carbocycles. The molecule has 1 fully saturated rings. The van der Waals surface area contributed by atoms with Crippen LogP contribution in [0.4, 0.5) is 0 Å². The summed E-state index contributed by atoms with van der Waals surface area (Å²) >= 11 is 0. The van der Waals surface area contributed by atoms with Gasteiger partial charge in [-0.3, -0.25) is 9.58 Å². The molecule has 1 aromatic rings. The van der Waals surface area contributed by atoms with Crippen LogP contribution in [0.15, 0.2) is 12.3 Å². The molecule has 0 spiro atoms. The highest BCUT2D eigenvalue weighted by molar-refractivity contribution is 4.99. The summed E-state index contributed by atoms with van der Waals surface area (Å²) in [5, 5.41) is 8.07. The lowest BCUT2D eigenvalue weighted by molar-refractivity contribution is 0.00864. The lowest BCUT2D eigenvalue weighted by Gasteiger charge is -2.27. The molecule has 2 heterocycles. The van der Waals surface area contributed by atoms with Gasteiger partial charge in [-0.05, 0) is 26.0 Å². The Hall–Kier alpha value is -0.910. The van der Waals surface area contributed by atoms with Crippen LogP contribution in [0.5, 0.6) is 0 Å². The van der Waals surface area contributed by atoms with E-state index in [2.05, 4.69) is 48.1 Å². The molecule has 1 unspecified atom stereocenters. The van der Waals surface area contributed by atoms with Gasteiger partial charge in [-0.2, -0.15) is 5.10 Å². The Kier molecular flexibility index (Phi) is 6.01. The summed E-state index contributed by atoms with van der Waals surface area (Å²) in [6.07, 6.45) is 4.68. The monoisotopic (exact) mass is 280 g/mol. The number of morpholine rings is 1. The zero-order chi connectivity index (χ0) is 14.4. The van der Waals surface area contributed by atoms with Crippen LogP contribution in [0.25, 0.3) is 0 Å². The standard InChI is InChI=1S/C15H28N4O/c1-4-14(5-2)19-8-6-13(17-19)11-18(3)12-15-10-16-7-9-20-15/h6,8,14-16H,4-5,7,9-12H2,1-3H3. The molecule has 1 aliphatic heterocycles. The summed E-state index contributed by atoms with van der Waals surface area (Å²) in [5.74, 6) is 0. The minimum atomic E-state index is 0.301. The summed E-state index contributed by atoms with van der Waals surface area (Å²) in [5.41, 5.74) is 1.14. The molecule has 2 rings (SSSR count). The van der Waals surface area contributed by atoms with Gasteiger partial charge in [0, 0.05) is 32.4 Å². The number of hydrogen-bond donors (Lipinski definition) is 1. The summed E-state index contributed by atoms with van der Waals surface area (Å²) in [6, 6.07) is 2.66. The maximum Gasteiger partial charge on any atom is 0.0826 e. The number of nitrogens with zero attached hydrogens (tertiary/aromatic N) is 3. The first-order chi connectivity index (χ1) is 9.72. The van der Waals surface area contributed by atoms with Crippen molar-refractivity contribution in [3.63, 3.8) is 0 Å². The second-order valence-electron chi connectivity index (χ2n) is 5.65. The van der Waals surface area contributed by atoms with Crippen molar-refractivity contribution in [2.75, 3.05) is 33.3 Å². The molecule has 114 valence electrons. The molecule has 20 heavy (non-hydrogen) atoms. The molecule has 0 radical (unpaired) electrons. The minimum Gasteiger partial charge on any atom is -0.374 e. The van der Waals surface area contributed by atoms with Gasteiger partial charge in [-0.25, -0.2) is 0 Å². The van der Waals surface area contributed by atoms with Crippen molar-refractivity contribution < 1.29 is 4.74 Å². The van der Waals surface area contributed by atoms with E-state index in [1.807, 2.05) is 0 Å². The first-order valence-corrected chi connectivity index (χ1v) is 7.77. The van der Waals surface area contributed by atoms with Crippen LogP contribution >= 0.6 is 0 Å². The van der Waals surface area contributed by atoms with Crippen LogP contribution in [-0.2, 0) is 11.3 Å². The Balaban J connectivity index is 1.83. The lowest BCUT2D eigenvalue weighted by atomic mass is 10.2. The Morgan fingerprint density at radius 3 is 2.95 bits per heavy atom. The van der Waals surface area contributed by atoms with Crippen molar-refractivity contribution >= 4 is 0 Å². The lowest BCUT2D eigenvalue weighted by Crippen LogP contribution is -2.44. The van der Waals surface area contributed by atoms with Crippen LogP contribution in [0.1, 0.15) is 38.4 Å². The number of hydrogen-bond acceptors (Lipinski definition) is 4. The maximum absolute atomic E-state index is 5.73. The molecule has 0 bridgehead atoms. The highest BCUT2D eigenvalue weighted by Gasteiger charge is 2.16. The van der Waals surface area contributed by atoms with Crippen molar-refractivity contribution in [3.05, 3.63) is 18.0 Å². The van der Waals surface area contributed by atoms with Gasteiger partial charge in [0.05, 0.1) is 24.4 Å². The van der Waals surface area contributed by atoms with E-state index in [0.29, 0.717) is 12.1 Å². The summed E-state index contributed by atoms with van der Waals surface area (Å²) in [4.78, 5) is 2.29. The molecule has 1 saturated heterocycles. The van der Waals surface area contributed by atoms with Gasteiger partial charge in [-0.1, -0.05) is 13.8 Å². The normalized spacial score (nSPS) is 19.9. The third-order valence-electron chi connectivity index (χ3n) is 3.93. The van der Waals surface area contributed by atoms with Crippen molar-refractivity contribution in [1.82, 2.24) is 20.0 Å². The number of rotatable bonds is 7. The quantitative estimate of drug-likeness (QED) is 0.825. The van der Waals surface area contributed by atoms with Crippen molar-refractivity contribution in [2.45, 2.75) is 45.4 Å². The smallest absolute Gasteiger partial charge is 0.0826 e. The molecule has 1 atom stereocenters. The van der Waals surface area contributed by atoms with E-state index in [4.69, 9.17) is 9.84 Å². The van der Waals surface area contributed by atoms with Gasteiger partial charge in [0.25, 0.3) is 0 Å². The Morgan fingerprint density at radius 2 is 2.30 bits per heavy atom. The molecular formula is C15H28N4O. The average molecular weight is 280 g/mol. The van der Waals surface area contributed by atoms with Gasteiger partial charge in [0.1, 0.15) is 0 Å². The predicted octanol–water partition coefficient (Wildman–Crippen LogP) is 1.66. The molecule has 1 N–H and O–H groups in total. The SMILES string of the molecule is CCC(CC)n1ccc(CN(C)CC2CNCCO2)n1. The van der Waals surface area contributed by atoms with Crippen LogP contribution < -0.4 is 5.32 Å². The molecule has 5 nitrogen and oxygen atoms in total. The van der Waals surface area contributed by atoms with E-state index in [1.165, 1.54) is 0 Å². The number of ether oxygens (including phenoxy) is 1. The maximum atomic E-state index is 5.73. The van der Waals surface area contributed by atoms with E-state index >= 15 is 0 Å². The molecule has 5 heteroatoms. The first-order valence-electron chi connectivity index (χ1n) is 7.77. The molecular weight excluding hydrogens is 252 g/mol. The van der Waals surface area contributed by atoms with Crippen molar-refractivity contribution in [3.8, 4) is 0 Å². The molecule has 0 amide bonds. The highest BCUT2D eigenvalue weighted by atomic mass is 16.5. The van der Waals surface area contributed by atoms with Gasteiger partial charge in [0.2, 0.25) is 0 Å².